The normalized spacial score (nSPS) is 19.5. The van der Waals surface area contributed by atoms with Gasteiger partial charge in [-0.05, 0) is 31.9 Å². The van der Waals surface area contributed by atoms with Crippen molar-refractivity contribution < 1.29 is 0 Å². The predicted octanol–water partition coefficient (Wildman–Crippen LogP) is 2.82. The van der Waals surface area contributed by atoms with Crippen LogP contribution in [0.4, 0.5) is 0 Å². The first-order valence-electron chi connectivity index (χ1n) is 7.27. The second kappa shape index (κ2) is 4.93. The van der Waals surface area contributed by atoms with Crippen LogP contribution in [0.3, 0.4) is 0 Å². The van der Waals surface area contributed by atoms with Crippen molar-refractivity contribution in [1.82, 2.24) is 15.0 Å². The van der Waals surface area contributed by atoms with Crippen LogP contribution in [0, 0.1) is 6.92 Å². The molecule has 0 spiro atoms. The third-order valence-electron chi connectivity index (χ3n) is 4.44. The van der Waals surface area contributed by atoms with Crippen LogP contribution in [0.15, 0.2) is 12.1 Å². The lowest BCUT2D eigenvalue weighted by atomic mass is 9.79. The van der Waals surface area contributed by atoms with E-state index in [2.05, 4.69) is 16.0 Å². The van der Waals surface area contributed by atoms with E-state index >= 15 is 0 Å². The Hall–Kier alpha value is -1.42. The number of imidazole rings is 1. The largest absolute Gasteiger partial charge is 0.340 e. The molecule has 1 saturated carbocycles. The molecule has 0 bridgehead atoms. The molecule has 0 amide bonds. The first kappa shape index (κ1) is 12.6. The summed E-state index contributed by atoms with van der Waals surface area (Å²) in [5, 5.41) is 0. The fourth-order valence-electron chi connectivity index (χ4n) is 3.18. The number of H-pyrrole nitrogens is 1. The van der Waals surface area contributed by atoms with Gasteiger partial charge < -0.3 is 10.7 Å². The molecule has 19 heavy (non-hydrogen) atoms. The van der Waals surface area contributed by atoms with Gasteiger partial charge in [-0.15, -0.1) is 0 Å². The van der Waals surface area contributed by atoms with Crippen LogP contribution in [0.25, 0.3) is 11.2 Å². The van der Waals surface area contributed by atoms with Crippen LogP contribution in [0.2, 0.25) is 0 Å². The van der Waals surface area contributed by atoms with E-state index < -0.39 is 0 Å². The first-order valence-corrected chi connectivity index (χ1v) is 7.27. The minimum atomic E-state index is 0.0328. The molecular weight excluding hydrogens is 236 g/mol. The van der Waals surface area contributed by atoms with Gasteiger partial charge in [-0.25, -0.2) is 9.97 Å². The average molecular weight is 258 g/mol. The third kappa shape index (κ3) is 2.25. The van der Waals surface area contributed by atoms with Crippen molar-refractivity contribution in [1.29, 1.82) is 0 Å². The molecule has 102 valence electrons. The number of pyridine rings is 1. The molecule has 3 N–H and O–H groups in total. The van der Waals surface area contributed by atoms with E-state index in [-0.39, 0.29) is 5.41 Å². The molecule has 3 rings (SSSR count). The maximum absolute atomic E-state index is 6.11. The number of hydrogen-bond acceptors (Lipinski definition) is 3. The van der Waals surface area contributed by atoms with Crippen molar-refractivity contribution in [2.24, 2.45) is 5.73 Å². The fourth-order valence-corrected chi connectivity index (χ4v) is 3.18. The van der Waals surface area contributed by atoms with E-state index in [4.69, 9.17) is 10.7 Å². The molecule has 1 aliphatic rings. The number of nitrogens with two attached hydrogens (primary N) is 1. The van der Waals surface area contributed by atoms with Crippen LogP contribution in [-0.4, -0.2) is 21.5 Å². The van der Waals surface area contributed by atoms with E-state index in [9.17, 15) is 0 Å². The monoisotopic (exact) mass is 258 g/mol. The number of aromatic amines is 1. The Balaban J connectivity index is 2.04. The van der Waals surface area contributed by atoms with E-state index in [1.54, 1.807) is 0 Å². The molecular formula is C15H22N4. The quantitative estimate of drug-likeness (QED) is 0.814. The van der Waals surface area contributed by atoms with Crippen molar-refractivity contribution >= 4 is 11.2 Å². The van der Waals surface area contributed by atoms with Gasteiger partial charge in [-0.1, -0.05) is 25.7 Å². The highest BCUT2D eigenvalue weighted by atomic mass is 15.0. The highest BCUT2D eigenvalue weighted by Crippen LogP contribution is 2.36. The zero-order chi connectivity index (χ0) is 13.3. The van der Waals surface area contributed by atoms with Crippen molar-refractivity contribution in [3.05, 3.63) is 23.7 Å². The zero-order valence-electron chi connectivity index (χ0n) is 11.6. The van der Waals surface area contributed by atoms with E-state index in [1.165, 1.54) is 25.7 Å². The van der Waals surface area contributed by atoms with Crippen LogP contribution >= 0.6 is 0 Å². The third-order valence-corrected chi connectivity index (χ3v) is 4.44. The molecule has 1 fully saturated rings. The highest BCUT2D eigenvalue weighted by molar-refractivity contribution is 5.70. The average Bonchev–Trinajstić information content (AvgIpc) is 2.69. The summed E-state index contributed by atoms with van der Waals surface area (Å²) in [5.74, 6) is 1.05. The van der Waals surface area contributed by atoms with Crippen LogP contribution < -0.4 is 5.73 Å². The Morgan fingerprint density at radius 1 is 1.16 bits per heavy atom. The predicted molar refractivity (Wildman–Crippen MR) is 77.1 cm³/mol. The number of rotatable bonds is 2. The molecule has 1 aliphatic carbocycles. The van der Waals surface area contributed by atoms with Gasteiger partial charge in [0, 0.05) is 17.7 Å². The Morgan fingerprint density at radius 3 is 2.58 bits per heavy atom. The van der Waals surface area contributed by atoms with Gasteiger partial charge in [0.1, 0.15) is 5.82 Å². The Kier molecular flexibility index (Phi) is 3.27. The molecule has 2 aromatic heterocycles. The van der Waals surface area contributed by atoms with E-state index in [1.807, 2.05) is 13.0 Å². The maximum atomic E-state index is 6.11. The van der Waals surface area contributed by atoms with Gasteiger partial charge in [0.05, 0.1) is 5.52 Å². The molecule has 4 heteroatoms. The van der Waals surface area contributed by atoms with Crippen LogP contribution in [-0.2, 0) is 5.41 Å². The van der Waals surface area contributed by atoms with E-state index in [0.29, 0.717) is 6.54 Å². The standard InChI is InChI=1S/C15H22N4/c1-11-6-7-12-13(17-11)19-14(18-12)15(10-16)8-4-2-3-5-9-15/h6-7H,2-5,8-10,16H2,1H3,(H,17,18,19). The van der Waals surface area contributed by atoms with Crippen molar-refractivity contribution in [3.63, 3.8) is 0 Å². The van der Waals surface area contributed by atoms with Gasteiger partial charge in [0.2, 0.25) is 0 Å². The topological polar surface area (TPSA) is 67.6 Å². The minimum absolute atomic E-state index is 0.0328. The number of nitrogens with zero attached hydrogens (tertiary/aromatic N) is 2. The van der Waals surface area contributed by atoms with Crippen molar-refractivity contribution in [3.8, 4) is 0 Å². The number of aromatic nitrogens is 3. The SMILES string of the molecule is Cc1ccc2[nH]c(C3(CN)CCCCCC3)nc2n1. The summed E-state index contributed by atoms with van der Waals surface area (Å²) in [5.41, 5.74) is 9.00. The zero-order valence-corrected chi connectivity index (χ0v) is 11.6. The summed E-state index contributed by atoms with van der Waals surface area (Å²) in [6.45, 7) is 2.67. The second-order valence-corrected chi connectivity index (χ2v) is 5.81. The maximum Gasteiger partial charge on any atom is 0.177 e. The number of nitrogens with one attached hydrogen (secondary N) is 1. The lowest BCUT2D eigenvalue weighted by Gasteiger charge is -2.28. The van der Waals surface area contributed by atoms with Crippen molar-refractivity contribution in [2.45, 2.75) is 50.9 Å². The van der Waals surface area contributed by atoms with Gasteiger partial charge in [-0.2, -0.15) is 0 Å². The van der Waals surface area contributed by atoms with Crippen LogP contribution in [0.5, 0.6) is 0 Å². The minimum Gasteiger partial charge on any atom is -0.340 e. The fraction of sp³-hybridized carbons (Fsp3) is 0.600. The molecule has 0 saturated heterocycles. The van der Waals surface area contributed by atoms with Gasteiger partial charge in [0.25, 0.3) is 0 Å². The van der Waals surface area contributed by atoms with Gasteiger partial charge >= 0.3 is 0 Å². The molecule has 4 nitrogen and oxygen atoms in total. The summed E-state index contributed by atoms with van der Waals surface area (Å²) >= 11 is 0. The summed E-state index contributed by atoms with van der Waals surface area (Å²) < 4.78 is 0. The Bertz CT molecular complexity index is 565. The second-order valence-electron chi connectivity index (χ2n) is 5.81. The molecule has 0 aliphatic heterocycles. The highest BCUT2D eigenvalue weighted by Gasteiger charge is 2.34. The van der Waals surface area contributed by atoms with E-state index in [0.717, 1.165) is 35.5 Å². The number of fused-ring (bicyclic) bond motifs is 1. The summed E-state index contributed by atoms with van der Waals surface area (Å²) in [6.07, 6.45) is 7.42. The summed E-state index contributed by atoms with van der Waals surface area (Å²) in [4.78, 5) is 12.7. The summed E-state index contributed by atoms with van der Waals surface area (Å²) in [7, 11) is 0. The first-order chi connectivity index (χ1) is 9.23. The lowest BCUT2D eigenvalue weighted by Crippen LogP contribution is -2.35. The van der Waals surface area contributed by atoms with Gasteiger partial charge in [-0.3, -0.25) is 0 Å². The van der Waals surface area contributed by atoms with Crippen LogP contribution in [0.1, 0.15) is 50.0 Å². The smallest absolute Gasteiger partial charge is 0.177 e. The number of hydrogen-bond donors (Lipinski definition) is 2. The van der Waals surface area contributed by atoms with Gasteiger partial charge in [0.15, 0.2) is 5.65 Å². The lowest BCUT2D eigenvalue weighted by molar-refractivity contribution is 0.362. The molecule has 0 radical (unpaired) electrons. The molecule has 2 aromatic rings. The Labute approximate surface area is 113 Å². The summed E-state index contributed by atoms with van der Waals surface area (Å²) in [6, 6.07) is 4.08. The molecule has 0 aromatic carbocycles. The molecule has 0 atom stereocenters. The molecule has 0 unspecified atom stereocenters. The number of aryl methyl sites for hydroxylation is 1. The Morgan fingerprint density at radius 2 is 1.89 bits per heavy atom. The van der Waals surface area contributed by atoms with Crippen molar-refractivity contribution in [2.75, 3.05) is 6.54 Å². The molecule has 2 heterocycles.